The van der Waals surface area contributed by atoms with Gasteiger partial charge in [0.2, 0.25) is 0 Å². The van der Waals surface area contributed by atoms with Gasteiger partial charge in [0, 0.05) is 37.9 Å². The highest BCUT2D eigenvalue weighted by Gasteiger charge is 2.23. The van der Waals surface area contributed by atoms with Crippen LogP contribution in [0.25, 0.3) is 0 Å². The molecule has 3 rings (SSSR count). The molecule has 0 unspecified atom stereocenters. The summed E-state index contributed by atoms with van der Waals surface area (Å²) >= 11 is 0. The standard InChI is InChI=1S/C19H25N5O2/c1-4-26-19(25)24-10-8-23(9-11-24)18-13-17(20-15(3)21-18)22-16-7-5-6-14(2)12-16/h5-7,12-13H,4,8-11H2,1-3H3,(H,20,21,22). The fraction of sp³-hybridized carbons (Fsp3) is 0.421. The lowest BCUT2D eigenvalue weighted by Gasteiger charge is -2.34. The number of hydrogen-bond acceptors (Lipinski definition) is 6. The Balaban J connectivity index is 1.69. The Morgan fingerprint density at radius 3 is 2.62 bits per heavy atom. The Hall–Kier alpha value is -2.83. The van der Waals surface area contributed by atoms with Crippen molar-refractivity contribution >= 4 is 23.4 Å². The van der Waals surface area contributed by atoms with Crippen LogP contribution in [0.15, 0.2) is 30.3 Å². The van der Waals surface area contributed by atoms with Crippen LogP contribution in [-0.4, -0.2) is 53.7 Å². The molecule has 1 aromatic heterocycles. The molecule has 1 N–H and O–H groups in total. The van der Waals surface area contributed by atoms with Gasteiger partial charge in [-0.05, 0) is 38.5 Å². The highest BCUT2D eigenvalue weighted by Crippen LogP contribution is 2.21. The van der Waals surface area contributed by atoms with Crippen LogP contribution in [0.5, 0.6) is 0 Å². The van der Waals surface area contributed by atoms with Gasteiger partial charge in [-0.25, -0.2) is 14.8 Å². The minimum absolute atomic E-state index is 0.243. The molecule has 0 aliphatic carbocycles. The van der Waals surface area contributed by atoms with Crippen LogP contribution < -0.4 is 10.2 Å². The lowest BCUT2D eigenvalue weighted by molar-refractivity contribution is 0.105. The molecule has 138 valence electrons. The normalized spacial score (nSPS) is 14.3. The number of carbonyl (C=O) groups excluding carboxylic acids is 1. The number of anilines is 3. The second-order valence-electron chi connectivity index (χ2n) is 6.33. The van der Waals surface area contributed by atoms with E-state index in [-0.39, 0.29) is 6.09 Å². The molecular weight excluding hydrogens is 330 g/mol. The number of nitrogens with one attached hydrogen (secondary N) is 1. The Morgan fingerprint density at radius 1 is 1.15 bits per heavy atom. The Labute approximate surface area is 154 Å². The summed E-state index contributed by atoms with van der Waals surface area (Å²) in [7, 11) is 0. The predicted octanol–water partition coefficient (Wildman–Crippen LogP) is 3.12. The highest BCUT2D eigenvalue weighted by atomic mass is 16.6. The van der Waals surface area contributed by atoms with E-state index in [1.54, 1.807) is 4.90 Å². The van der Waals surface area contributed by atoms with Crippen molar-refractivity contribution in [3.05, 3.63) is 41.7 Å². The van der Waals surface area contributed by atoms with Gasteiger partial charge in [0.25, 0.3) is 0 Å². The van der Waals surface area contributed by atoms with Crippen molar-refractivity contribution in [2.45, 2.75) is 20.8 Å². The zero-order valence-electron chi connectivity index (χ0n) is 15.5. The first-order valence-electron chi connectivity index (χ1n) is 8.91. The van der Waals surface area contributed by atoms with Gasteiger partial charge in [-0.15, -0.1) is 0 Å². The fourth-order valence-electron chi connectivity index (χ4n) is 2.98. The van der Waals surface area contributed by atoms with Crippen molar-refractivity contribution in [1.82, 2.24) is 14.9 Å². The van der Waals surface area contributed by atoms with Crippen molar-refractivity contribution in [2.75, 3.05) is 43.0 Å². The molecule has 0 saturated carbocycles. The second kappa shape index (κ2) is 8.03. The van der Waals surface area contributed by atoms with Gasteiger partial charge in [-0.3, -0.25) is 0 Å². The van der Waals surface area contributed by atoms with E-state index in [4.69, 9.17) is 4.74 Å². The van der Waals surface area contributed by atoms with E-state index in [0.717, 1.165) is 30.4 Å². The first-order valence-corrected chi connectivity index (χ1v) is 8.91. The molecule has 26 heavy (non-hydrogen) atoms. The number of nitrogens with zero attached hydrogens (tertiary/aromatic N) is 4. The van der Waals surface area contributed by atoms with Gasteiger partial charge >= 0.3 is 6.09 Å². The van der Waals surface area contributed by atoms with Gasteiger partial charge in [0.1, 0.15) is 17.5 Å². The molecule has 1 aromatic carbocycles. The number of rotatable bonds is 4. The Bertz CT molecular complexity index is 772. The van der Waals surface area contributed by atoms with E-state index < -0.39 is 0 Å². The third-order valence-electron chi connectivity index (χ3n) is 4.24. The molecule has 0 spiro atoms. The molecule has 2 heterocycles. The molecule has 7 nitrogen and oxygen atoms in total. The maximum Gasteiger partial charge on any atom is 0.409 e. The van der Waals surface area contributed by atoms with E-state index in [2.05, 4.69) is 39.2 Å². The van der Waals surface area contributed by atoms with E-state index in [0.29, 0.717) is 25.5 Å². The van der Waals surface area contributed by atoms with Gasteiger partial charge in [0.05, 0.1) is 6.61 Å². The number of aryl methyl sites for hydroxylation is 2. The molecule has 0 atom stereocenters. The first kappa shape index (κ1) is 18.0. The average Bonchev–Trinajstić information content (AvgIpc) is 2.61. The molecule has 1 aliphatic heterocycles. The minimum Gasteiger partial charge on any atom is -0.450 e. The van der Waals surface area contributed by atoms with Crippen LogP contribution in [0.1, 0.15) is 18.3 Å². The van der Waals surface area contributed by atoms with Gasteiger partial charge < -0.3 is 19.9 Å². The van der Waals surface area contributed by atoms with Crippen molar-refractivity contribution in [1.29, 1.82) is 0 Å². The van der Waals surface area contributed by atoms with Crippen LogP contribution in [0.2, 0.25) is 0 Å². The number of benzene rings is 1. The van der Waals surface area contributed by atoms with Crippen LogP contribution in [0.3, 0.4) is 0 Å². The van der Waals surface area contributed by atoms with Crippen LogP contribution >= 0.6 is 0 Å². The summed E-state index contributed by atoms with van der Waals surface area (Å²) in [5.74, 6) is 2.35. The molecule has 1 saturated heterocycles. The average molecular weight is 355 g/mol. The Morgan fingerprint density at radius 2 is 1.92 bits per heavy atom. The first-order chi connectivity index (χ1) is 12.5. The molecule has 1 fully saturated rings. The minimum atomic E-state index is -0.243. The maximum atomic E-state index is 11.8. The summed E-state index contributed by atoms with van der Waals surface area (Å²) in [5.41, 5.74) is 2.19. The van der Waals surface area contributed by atoms with Crippen LogP contribution in [0.4, 0.5) is 22.1 Å². The summed E-state index contributed by atoms with van der Waals surface area (Å²) in [6.07, 6.45) is -0.243. The smallest absolute Gasteiger partial charge is 0.409 e. The van der Waals surface area contributed by atoms with Gasteiger partial charge in [-0.1, -0.05) is 12.1 Å². The van der Waals surface area contributed by atoms with Gasteiger partial charge in [0.15, 0.2) is 0 Å². The van der Waals surface area contributed by atoms with Crippen molar-refractivity contribution in [3.8, 4) is 0 Å². The predicted molar refractivity (Wildman–Crippen MR) is 102 cm³/mol. The van der Waals surface area contributed by atoms with Crippen molar-refractivity contribution in [2.24, 2.45) is 0 Å². The summed E-state index contributed by atoms with van der Waals surface area (Å²) in [4.78, 5) is 24.8. The zero-order valence-corrected chi connectivity index (χ0v) is 15.5. The molecule has 0 radical (unpaired) electrons. The van der Waals surface area contributed by atoms with E-state index in [1.165, 1.54) is 5.56 Å². The molecule has 0 bridgehead atoms. The fourth-order valence-corrected chi connectivity index (χ4v) is 2.98. The quantitative estimate of drug-likeness (QED) is 0.909. The number of aromatic nitrogens is 2. The second-order valence-corrected chi connectivity index (χ2v) is 6.33. The lowest BCUT2D eigenvalue weighted by atomic mass is 10.2. The molecule has 7 heteroatoms. The van der Waals surface area contributed by atoms with Crippen LogP contribution in [-0.2, 0) is 4.74 Å². The number of piperazine rings is 1. The number of ether oxygens (including phenoxy) is 1. The van der Waals surface area contributed by atoms with Crippen molar-refractivity contribution < 1.29 is 9.53 Å². The van der Waals surface area contributed by atoms with Gasteiger partial charge in [-0.2, -0.15) is 0 Å². The highest BCUT2D eigenvalue weighted by molar-refractivity contribution is 5.68. The monoisotopic (exact) mass is 355 g/mol. The van der Waals surface area contributed by atoms with E-state index >= 15 is 0 Å². The zero-order chi connectivity index (χ0) is 18.5. The third-order valence-corrected chi connectivity index (χ3v) is 4.24. The van der Waals surface area contributed by atoms with E-state index in [1.807, 2.05) is 32.0 Å². The summed E-state index contributed by atoms with van der Waals surface area (Å²) in [6, 6.07) is 10.1. The largest absolute Gasteiger partial charge is 0.450 e. The van der Waals surface area contributed by atoms with Crippen LogP contribution in [0, 0.1) is 13.8 Å². The van der Waals surface area contributed by atoms with E-state index in [9.17, 15) is 4.79 Å². The molecule has 2 aromatic rings. The molecular formula is C19H25N5O2. The summed E-state index contributed by atoms with van der Waals surface area (Å²) in [6.45, 7) is 8.87. The molecule has 1 aliphatic rings. The summed E-state index contributed by atoms with van der Waals surface area (Å²) < 4.78 is 5.07. The number of carbonyl (C=O) groups is 1. The topological polar surface area (TPSA) is 70.6 Å². The Kier molecular flexibility index (Phi) is 5.55. The molecule has 1 amide bonds. The third kappa shape index (κ3) is 4.41. The number of hydrogen-bond donors (Lipinski definition) is 1. The lowest BCUT2D eigenvalue weighted by Crippen LogP contribution is -2.49. The number of amides is 1. The summed E-state index contributed by atoms with van der Waals surface area (Å²) in [5, 5.41) is 3.35. The van der Waals surface area contributed by atoms with Crippen molar-refractivity contribution in [3.63, 3.8) is 0 Å². The maximum absolute atomic E-state index is 11.8. The SMILES string of the molecule is CCOC(=O)N1CCN(c2cc(Nc3cccc(C)c3)nc(C)n2)CC1.